The molecule has 0 fully saturated rings. The smallest absolute Gasteiger partial charge is 0.360 e. The van der Waals surface area contributed by atoms with Crippen molar-refractivity contribution in [2.75, 3.05) is 7.11 Å². The van der Waals surface area contributed by atoms with Crippen LogP contribution in [0.4, 0.5) is 0 Å². The molecule has 0 bridgehead atoms. The second-order valence-corrected chi connectivity index (χ2v) is 6.29. The van der Waals surface area contributed by atoms with Crippen LogP contribution < -0.4 is 5.56 Å². The number of halogens is 1. The number of aromatic nitrogens is 2. The van der Waals surface area contributed by atoms with Crippen LogP contribution in [0.1, 0.15) is 21.6 Å². The van der Waals surface area contributed by atoms with Crippen molar-refractivity contribution in [3.05, 3.63) is 68.2 Å². The zero-order valence-electron chi connectivity index (χ0n) is 13.6. The van der Waals surface area contributed by atoms with Crippen molar-refractivity contribution in [1.82, 2.24) is 9.55 Å². The first-order valence-corrected chi connectivity index (χ1v) is 8.24. The van der Waals surface area contributed by atoms with Gasteiger partial charge in [0, 0.05) is 5.39 Å². The van der Waals surface area contributed by atoms with Crippen LogP contribution >= 0.6 is 15.9 Å². The molecular weight excluding hydrogens is 402 g/mol. The minimum absolute atomic E-state index is 0.208. The maximum Gasteiger partial charge on any atom is 0.360 e. The number of ether oxygens (including phenoxy) is 1. The highest BCUT2D eigenvalue weighted by Crippen LogP contribution is 2.28. The van der Waals surface area contributed by atoms with E-state index >= 15 is 0 Å². The Bertz CT molecular complexity index is 1110. The molecule has 2 heterocycles. The molecule has 0 radical (unpaired) electrons. The lowest BCUT2D eigenvalue weighted by Gasteiger charge is -2.13. The van der Waals surface area contributed by atoms with E-state index in [1.807, 2.05) is 6.07 Å². The van der Waals surface area contributed by atoms with E-state index in [0.29, 0.717) is 16.5 Å². The summed E-state index contributed by atoms with van der Waals surface area (Å²) in [6, 6.07) is 10.3. The number of aromatic hydroxyl groups is 1. The van der Waals surface area contributed by atoms with E-state index in [1.54, 1.807) is 24.3 Å². The Kier molecular flexibility index (Phi) is 4.73. The zero-order chi connectivity index (χ0) is 18.8. The third kappa shape index (κ3) is 3.05. The molecule has 26 heavy (non-hydrogen) atoms. The second kappa shape index (κ2) is 6.98. The average Bonchev–Trinajstić information content (AvgIpc) is 2.66. The van der Waals surface area contributed by atoms with E-state index in [4.69, 9.17) is 5.26 Å². The molecule has 0 aliphatic heterocycles. The number of pyridine rings is 2. The molecule has 1 aromatic carbocycles. The van der Waals surface area contributed by atoms with Gasteiger partial charge < -0.3 is 14.4 Å². The standard InChI is InChI=1S/C18H12BrN3O4/c1-26-18(25)15-16(23)12-6-13(19)17(24)22(14(12)8-21-15)9-11-4-2-10(7-20)3-5-11/h2-6,8,23H,9H2,1H3. The number of esters is 1. The Morgan fingerprint density at radius 1 is 1.38 bits per heavy atom. The molecule has 0 amide bonds. The van der Waals surface area contributed by atoms with E-state index in [2.05, 4.69) is 25.7 Å². The third-order valence-electron chi connectivity index (χ3n) is 3.89. The number of rotatable bonds is 3. The van der Waals surface area contributed by atoms with Crippen molar-refractivity contribution < 1.29 is 14.6 Å². The van der Waals surface area contributed by atoms with Gasteiger partial charge in [-0.2, -0.15) is 5.26 Å². The van der Waals surface area contributed by atoms with Crippen molar-refractivity contribution in [1.29, 1.82) is 5.26 Å². The van der Waals surface area contributed by atoms with Crippen molar-refractivity contribution >= 4 is 32.8 Å². The first kappa shape index (κ1) is 17.6. The fraction of sp³-hybridized carbons (Fsp3) is 0.111. The summed E-state index contributed by atoms with van der Waals surface area (Å²) in [6.07, 6.45) is 1.35. The number of nitriles is 1. The minimum atomic E-state index is -0.773. The molecule has 0 aliphatic carbocycles. The lowest BCUT2D eigenvalue weighted by atomic mass is 10.1. The summed E-state index contributed by atoms with van der Waals surface area (Å²) < 4.78 is 6.26. The molecule has 0 unspecified atom stereocenters. The normalized spacial score (nSPS) is 10.5. The molecule has 0 spiro atoms. The molecule has 0 saturated carbocycles. The molecule has 0 saturated heterocycles. The predicted octanol–water partition coefficient (Wildman–Crippen LogP) is 2.57. The van der Waals surface area contributed by atoms with Crippen LogP contribution in [-0.2, 0) is 11.3 Å². The van der Waals surface area contributed by atoms with Gasteiger partial charge >= 0.3 is 5.97 Å². The molecule has 3 aromatic rings. The maximum absolute atomic E-state index is 12.6. The van der Waals surface area contributed by atoms with Gasteiger partial charge in [0.2, 0.25) is 0 Å². The molecule has 3 rings (SSSR count). The lowest BCUT2D eigenvalue weighted by molar-refractivity contribution is 0.0591. The SMILES string of the molecule is COC(=O)c1ncc2c(cc(Br)c(=O)n2Cc2ccc(C#N)cc2)c1O. The largest absolute Gasteiger partial charge is 0.505 e. The number of hydrogen-bond donors (Lipinski definition) is 1. The summed E-state index contributed by atoms with van der Waals surface area (Å²) in [5, 5.41) is 19.6. The van der Waals surface area contributed by atoms with Crippen LogP contribution in [0.3, 0.4) is 0 Å². The van der Waals surface area contributed by atoms with E-state index < -0.39 is 5.97 Å². The summed E-state index contributed by atoms with van der Waals surface area (Å²) >= 11 is 3.19. The summed E-state index contributed by atoms with van der Waals surface area (Å²) in [7, 11) is 1.19. The molecular formula is C18H12BrN3O4. The van der Waals surface area contributed by atoms with Crippen LogP contribution in [0.15, 0.2) is 45.8 Å². The molecule has 1 N–H and O–H groups in total. The van der Waals surface area contributed by atoms with Crippen molar-refractivity contribution in [2.45, 2.75) is 6.54 Å². The van der Waals surface area contributed by atoms with Gasteiger partial charge in [-0.15, -0.1) is 0 Å². The summed E-state index contributed by atoms with van der Waals surface area (Å²) in [6.45, 7) is 0.208. The Hall–Kier alpha value is -3.18. The highest BCUT2D eigenvalue weighted by molar-refractivity contribution is 9.10. The number of nitrogens with zero attached hydrogens (tertiary/aromatic N) is 3. The highest BCUT2D eigenvalue weighted by Gasteiger charge is 2.19. The monoisotopic (exact) mass is 413 g/mol. The number of fused-ring (bicyclic) bond motifs is 1. The van der Waals surface area contributed by atoms with E-state index in [9.17, 15) is 14.7 Å². The van der Waals surface area contributed by atoms with Gasteiger partial charge in [-0.05, 0) is 39.7 Å². The second-order valence-electron chi connectivity index (χ2n) is 5.44. The Labute approximate surface area is 156 Å². The van der Waals surface area contributed by atoms with Crippen molar-refractivity contribution in [3.63, 3.8) is 0 Å². The van der Waals surface area contributed by atoms with Gasteiger partial charge in [-0.25, -0.2) is 9.78 Å². The molecule has 130 valence electrons. The molecule has 7 nitrogen and oxygen atoms in total. The van der Waals surface area contributed by atoms with E-state index in [1.165, 1.54) is 23.9 Å². The van der Waals surface area contributed by atoms with Crippen molar-refractivity contribution in [3.8, 4) is 11.8 Å². The maximum atomic E-state index is 12.6. The van der Waals surface area contributed by atoms with Crippen LogP contribution in [0, 0.1) is 11.3 Å². The van der Waals surface area contributed by atoms with Gasteiger partial charge in [-0.3, -0.25) is 4.79 Å². The minimum Gasteiger partial charge on any atom is -0.505 e. The molecule has 2 aromatic heterocycles. The van der Waals surface area contributed by atoms with Gasteiger partial charge in [0.05, 0.1) is 41.5 Å². The Morgan fingerprint density at radius 3 is 2.69 bits per heavy atom. The fourth-order valence-corrected chi connectivity index (χ4v) is 3.00. The van der Waals surface area contributed by atoms with Crippen LogP contribution in [-0.4, -0.2) is 27.7 Å². The van der Waals surface area contributed by atoms with Crippen LogP contribution in [0.2, 0.25) is 0 Å². The third-order valence-corrected chi connectivity index (χ3v) is 4.45. The predicted molar refractivity (Wildman–Crippen MR) is 97.0 cm³/mol. The highest BCUT2D eigenvalue weighted by atomic mass is 79.9. The summed E-state index contributed by atoms with van der Waals surface area (Å²) in [5.74, 6) is -1.13. The fourth-order valence-electron chi connectivity index (χ4n) is 2.56. The van der Waals surface area contributed by atoms with Gasteiger partial charge in [0.25, 0.3) is 5.56 Å². The van der Waals surface area contributed by atoms with Gasteiger partial charge in [-0.1, -0.05) is 12.1 Å². The first-order chi connectivity index (χ1) is 12.5. The van der Waals surface area contributed by atoms with Crippen molar-refractivity contribution in [2.24, 2.45) is 0 Å². The molecule has 8 heteroatoms. The number of benzene rings is 1. The Morgan fingerprint density at radius 2 is 2.08 bits per heavy atom. The molecule has 0 atom stereocenters. The Balaban J connectivity index is 2.19. The number of hydrogen-bond acceptors (Lipinski definition) is 6. The quantitative estimate of drug-likeness (QED) is 0.661. The summed E-state index contributed by atoms with van der Waals surface area (Å²) in [5.41, 5.74) is 1.14. The van der Waals surface area contributed by atoms with E-state index in [-0.39, 0.29) is 28.0 Å². The zero-order valence-corrected chi connectivity index (χ0v) is 15.1. The van der Waals surface area contributed by atoms with Crippen LogP contribution in [0.25, 0.3) is 10.9 Å². The molecule has 0 aliphatic rings. The number of carbonyl (C=O) groups excluding carboxylic acids is 1. The van der Waals surface area contributed by atoms with E-state index in [0.717, 1.165) is 5.56 Å². The number of methoxy groups -OCH3 is 1. The number of carbonyl (C=O) groups is 1. The topological polar surface area (TPSA) is 105 Å². The summed E-state index contributed by atoms with van der Waals surface area (Å²) in [4.78, 5) is 28.2. The average molecular weight is 414 g/mol. The first-order valence-electron chi connectivity index (χ1n) is 7.44. The van der Waals surface area contributed by atoms with Crippen LogP contribution in [0.5, 0.6) is 5.75 Å². The lowest BCUT2D eigenvalue weighted by Crippen LogP contribution is -2.22. The van der Waals surface area contributed by atoms with Gasteiger partial charge in [0.15, 0.2) is 11.4 Å². The van der Waals surface area contributed by atoms with Gasteiger partial charge in [0.1, 0.15) is 0 Å².